The maximum absolute atomic E-state index is 10.2. The van der Waals surface area contributed by atoms with Gasteiger partial charge in [-0.05, 0) is 12.1 Å². The molecule has 4 N–H and O–H groups in total. The van der Waals surface area contributed by atoms with Crippen LogP contribution in [-0.2, 0) is 9.47 Å². The van der Waals surface area contributed by atoms with Gasteiger partial charge in [0, 0.05) is 6.07 Å². The zero-order chi connectivity index (χ0) is 19.6. The number of rotatable bonds is 10. The highest BCUT2D eigenvalue weighted by atomic mass is 16.5. The van der Waals surface area contributed by atoms with E-state index in [1.54, 1.807) is 6.07 Å². The SMILES string of the molecule is O[C@H](COc1cccc(OC[C@H](O)C[NH+]2CCOCC2)c1)C[NH+]1CCOCC1. The summed E-state index contributed by atoms with van der Waals surface area (Å²) in [7, 11) is 0. The Hall–Kier alpha value is -1.42. The molecule has 158 valence electrons. The van der Waals surface area contributed by atoms with Gasteiger partial charge in [-0.15, -0.1) is 0 Å². The highest BCUT2D eigenvalue weighted by Crippen LogP contribution is 2.19. The molecule has 0 saturated carbocycles. The third-order valence-corrected chi connectivity index (χ3v) is 5.14. The first-order chi connectivity index (χ1) is 13.7. The second-order valence-electron chi connectivity index (χ2n) is 7.54. The topological polar surface area (TPSA) is 86.3 Å². The summed E-state index contributed by atoms with van der Waals surface area (Å²) in [5, 5.41) is 20.4. The molecule has 2 saturated heterocycles. The fourth-order valence-electron chi connectivity index (χ4n) is 3.55. The van der Waals surface area contributed by atoms with Crippen molar-refractivity contribution >= 4 is 0 Å². The van der Waals surface area contributed by atoms with Crippen molar-refractivity contribution in [2.75, 3.05) is 78.9 Å². The Kier molecular flexibility index (Phi) is 8.78. The molecule has 0 bridgehead atoms. The second-order valence-corrected chi connectivity index (χ2v) is 7.54. The molecule has 2 heterocycles. The van der Waals surface area contributed by atoms with E-state index in [1.807, 2.05) is 18.2 Å². The van der Waals surface area contributed by atoms with Crippen LogP contribution in [0, 0.1) is 0 Å². The van der Waals surface area contributed by atoms with Gasteiger partial charge >= 0.3 is 0 Å². The molecule has 0 aromatic heterocycles. The van der Waals surface area contributed by atoms with Crippen LogP contribution in [0.25, 0.3) is 0 Å². The minimum atomic E-state index is -0.518. The van der Waals surface area contributed by atoms with Crippen LogP contribution in [0.4, 0.5) is 0 Å². The summed E-state index contributed by atoms with van der Waals surface area (Å²) in [6.45, 7) is 8.52. The highest BCUT2D eigenvalue weighted by molar-refractivity contribution is 5.32. The minimum Gasteiger partial charge on any atom is -0.491 e. The summed E-state index contributed by atoms with van der Waals surface area (Å²) in [5.41, 5.74) is 0. The van der Waals surface area contributed by atoms with E-state index in [0.717, 1.165) is 52.6 Å². The zero-order valence-electron chi connectivity index (χ0n) is 16.5. The number of hydrogen-bond donors (Lipinski definition) is 4. The summed E-state index contributed by atoms with van der Waals surface area (Å²) in [5.74, 6) is 1.31. The average Bonchev–Trinajstić information content (AvgIpc) is 2.73. The molecule has 0 amide bonds. The molecule has 2 atom stereocenters. The maximum atomic E-state index is 10.2. The summed E-state index contributed by atoms with van der Waals surface area (Å²) in [4.78, 5) is 2.69. The van der Waals surface area contributed by atoms with Gasteiger partial charge in [0.05, 0.1) is 26.4 Å². The molecule has 2 aliphatic heterocycles. The third kappa shape index (κ3) is 7.54. The molecule has 0 radical (unpaired) electrons. The van der Waals surface area contributed by atoms with Gasteiger partial charge in [0.2, 0.25) is 0 Å². The number of ether oxygens (including phenoxy) is 4. The first-order valence-electron chi connectivity index (χ1n) is 10.2. The van der Waals surface area contributed by atoms with Crippen LogP contribution in [0.5, 0.6) is 11.5 Å². The van der Waals surface area contributed by atoms with Crippen molar-refractivity contribution < 1.29 is 39.0 Å². The number of hydrogen-bond acceptors (Lipinski definition) is 6. The molecule has 1 aromatic rings. The lowest BCUT2D eigenvalue weighted by Crippen LogP contribution is -3.15. The van der Waals surface area contributed by atoms with Crippen molar-refractivity contribution in [1.29, 1.82) is 0 Å². The van der Waals surface area contributed by atoms with Gasteiger partial charge in [0.25, 0.3) is 0 Å². The number of quaternary nitrogens is 2. The molecule has 0 spiro atoms. The van der Waals surface area contributed by atoms with Crippen LogP contribution >= 0.6 is 0 Å². The van der Waals surface area contributed by atoms with E-state index in [1.165, 1.54) is 9.80 Å². The molecule has 0 unspecified atom stereocenters. The monoisotopic (exact) mass is 398 g/mol. The quantitative estimate of drug-likeness (QED) is 0.336. The maximum Gasteiger partial charge on any atom is 0.137 e. The molecule has 0 aliphatic carbocycles. The van der Waals surface area contributed by atoms with Gasteiger partial charge in [0.15, 0.2) is 0 Å². The zero-order valence-corrected chi connectivity index (χ0v) is 16.5. The number of morpholine rings is 2. The predicted octanol–water partition coefficient (Wildman–Crippen LogP) is -3.00. The Morgan fingerprint density at radius 2 is 1.21 bits per heavy atom. The normalized spacial score (nSPS) is 21.2. The van der Waals surface area contributed by atoms with Crippen LogP contribution in [-0.4, -0.2) is 101 Å². The van der Waals surface area contributed by atoms with Gasteiger partial charge in [-0.2, -0.15) is 0 Å². The van der Waals surface area contributed by atoms with Gasteiger partial charge in [-0.3, -0.25) is 0 Å². The Balaban J connectivity index is 1.36. The first-order valence-corrected chi connectivity index (χ1v) is 10.2. The van der Waals surface area contributed by atoms with E-state index in [9.17, 15) is 10.2 Å². The Bertz CT molecular complexity index is 518. The summed E-state index contributed by atoms with van der Waals surface area (Å²) in [6.07, 6.45) is -1.04. The van der Waals surface area contributed by atoms with E-state index in [2.05, 4.69) is 0 Å². The Labute approximate surface area is 166 Å². The average molecular weight is 399 g/mol. The van der Waals surface area contributed by atoms with Crippen molar-refractivity contribution in [3.8, 4) is 11.5 Å². The van der Waals surface area contributed by atoms with Gasteiger partial charge in [-0.25, -0.2) is 0 Å². The van der Waals surface area contributed by atoms with Crippen LogP contribution in [0.15, 0.2) is 24.3 Å². The lowest BCUT2D eigenvalue weighted by Gasteiger charge is -2.26. The molecule has 28 heavy (non-hydrogen) atoms. The number of aliphatic hydroxyl groups excluding tert-OH is 2. The lowest BCUT2D eigenvalue weighted by molar-refractivity contribution is -0.911. The predicted molar refractivity (Wildman–Crippen MR) is 102 cm³/mol. The number of benzene rings is 1. The van der Waals surface area contributed by atoms with Crippen LogP contribution in [0.2, 0.25) is 0 Å². The highest BCUT2D eigenvalue weighted by Gasteiger charge is 2.20. The molecule has 1 aromatic carbocycles. The fourth-order valence-corrected chi connectivity index (χ4v) is 3.55. The van der Waals surface area contributed by atoms with Crippen molar-refractivity contribution in [2.24, 2.45) is 0 Å². The Morgan fingerprint density at radius 1 is 0.786 bits per heavy atom. The first kappa shape index (κ1) is 21.3. The molecule has 3 rings (SSSR count). The second kappa shape index (κ2) is 11.5. The molecular formula is C20H34N2O6+2. The molecule has 8 nitrogen and oxygen atoms in total. The summed E-state index contributed by atoms with van der Waals surface area (Å²) >= 11 is 0. The van der Waals surface area contributed by atoms with E-state index < -0.39 is 12.2 Å². The van der Waals surface area contributed by atoms with Crippen molar-refractivity contribution in [3.05, 3.63) is 24.3 Å². The van der Waals surface area contributed by atoms with Crippen LogP contribution < -0.4 is 19.3 Å². The number of aliphatic hydroxyl groups is 2. The van der Waals surface area contributed by atoms with E-state index in [4.69, 9.17) is 18.9 Å². The standard InChI is InChI=1S/C20H32N2O6/c23-17(13-21-4-8-25-9-5-21)15-27-19-2-1-3-20(12-19)28-16-18(24)14-22-6-10-26-11-7-22/h1-3,12,17-18,23-24H,4-11,13-16H2/p+2/t17-,18+. The largest absolute Gasteiger partial charge is 0.491 e. The van der Waals surface area contributed by atoms with E-state index in [-0.39, 0.29) is 13.2 Å². The van der Waals surface area contributed by atoms with Crippen LogP contribution in [0.1, 0.15) is 0 Å². The Morgan fingerprint density at radius 3 is 1.64 bits per heavy atom. The molecular weight excluding hydrogens is 364 g/mol. The molecule has 8 heteroatoms. The van der Waals surface area contributed by atoms with E-state index in [0.29, 0.717) is 24.6 Å². The fraction of sp³-hybridized carbons (Fsp3) is 0.700. The summed E-state index contributed by atoms with van der Waals surface area (Å²) in [6, 6.07) is 7.33. The molecule has 2 aliphatic rings. The van der Waals surface area contributed by atoms with Crippen molar-refractivity contribution in [1.82, 2.24) is 0 Å². The lowest BCUT2D eigenvalue weighted by atomic mass is 10.3. The van der Waals surface area contributed by atoms with Gasteiger partial charge in [0.1, 0.15) is 76.2 Å². The van der Waals surface area contributed by atoms with Gasteiger partial charge in [-0.1, -0.05) is 6.07 Å². The van der Waals surface area contributed by atoms with Crippen molar-refractivity contribution in [2.45, 2.75) is 12.2 Å². The minimum absolute atomic E-state index is 0.247. The summed E-state index contributed by atoms with van der Waals surface area (Å²) < 4.78 is 22.1. The smallest absolute Gasteiger partial charge is 0.137 e. The van der Waals surface area contributed by atoms with Crippen LogP contribution in [0.3, 0.4) is 0 Å². The number of nitrogens with one attached hydrogen (secondary N) is 2. The van der Waals surface area contributed by atoms with Gasteiger partial charge < -0.3 is 39.0 Å². The third-order valence-electron chi connectivity index (χ3n) is 5.14. The molecule has 2 fully saturated rings. The van der Waals surface area contributed by atoms with E-state index >= 15 is 0 Å². The van der Waals surface area contributed by atoms with Crippen molar-refractivity contribution in [3.63, 3.8) is 0 Å².